The molecule has 0 atom stereocenters. The van der Waals surface area contributed by atoms with Crippen LogP contribution in [-0.2, 0) is 0 Å². The Bertz CT molecular complexity index is 5290. The van der Waals surface area contributed by atoms with E-state index in [9.17, 15) is 0 Å². The van der Waals surface area contributed by atoms with Crippen LogP contribution in [0.1, 0.15) is 0 Å². The van der Waals surface area contributed by atoms with Crippen LogP contribution in [-0.4, -0.2) is 19.9 Å². The molecule has 2 N–H and O–H groups in total. The van der Waals surface area contributed by atoms with Crippen LogP contribution in [0.2, 0.25) is 0 Å². The van der Waals surface area contributed by atoms with E-state index in [1.165, 1.54) is 48.5 Å². The average molecular weight is 1720 g/mol. The van der Waals surface area contributed by atoms with E-state index >= 15 is 17.6 Å². The first-order valence-electron chi connectivity index (χ1n) is 28.7. The van der Waals surface area contributed by atoms with Gasteiger partial charge in [-0.1, -0.05) is 48.5 Å². The Morgan fingerprint density at radius 3 is 0.587 bits per heavy atom. The first-order chi connectivity index (χ1) is 44.5. The molecular weight excluding hydrogens is 1680 g/mol. The molecule has 0 amide bonds. The molecule has 12 aromatic carbocycles. The highest BCUT2D eigenvalue weighted by Crippen LogP contribution is 2.55. The largest absolute Gasteiger partial charge is 0.353 e. The van der Waals surface area contributed by atoms with Gasteiger partial charge in [-0.05, 0) is 338 Å². The Morgan fingerprint density at radius 1 is 0.228 bits per heavy atom. The molecule has 17 rings (SSSR count). The smallest absolute Gasteiger partial charge is 0.123 e. The minimum absolute atomic E-state index is 0.419. The molecule has 0 saturated heterocycles. The Hall–Kier alpha value is -7.12. The van der Waals surface area contributed by atoms with E-state index in [-0.39, 0.29) is 0 Å². The molecule has 92 heavy (non-hydrogen) atoms. The maximum Gasteiger partial charge on any atom is 0.123 e. The van der Waals surface area contributed by atoms with E-state index in [0.29, 0.717) is 89.4 Å². The molecule has 16 heteroatoms. The van der Waals surface area contributed by atoms with Crippen molar-refractivity contribution >= 4 is 214 Å². The minimum atomic E-state index is -0.419. The number of rotatable bonds is 4. The molecule has 2 aromatic heterocycles. The number of H-pyrrole nitrogens is 2. The van der Waals surface area contributed by atoms with Crippen molar-refractivity contribution in [2.24, 2.45) is 0 Å². The van der Waals surface area contributed by atoms with Gasteiger partial charge in [-0.3, -0.25) is 0 Å². The zero-order chi connectivity index (χ0) is 62.9. The first-order valence-corrected chi connectivity index (χ1v) is 35.0. The number of nitrogens with one attached hydrogen (secondary N) is 2. The summed E-state index contributed by atoms with van der Waals surface area (Å²) in [5.41, 5.74) is 13.3. The summed E-state index contributed by atoms with van der Waals surface area (Å²) in [6.45, 7) is 0. The summed E-state index contributed by atoms with van der Waals surface area (Å²) in [5.74, 6) is -1.68. The van der Waals surface area contributed by atoms with Crippen LogP contribution in [0.25, 0.3) is 176 Å². The van der Waals surface area contributed by atoms with Crippen molar-refractivity contribution in [1.82, 2.24) is 19.9 Å². The van der Waals surface area contributed by atoms with Crippen LogP contribution >= 0.6 is 127 Å². The number of hydrogen-bond donors (Lipinski definition) is 2. The van der Waals surface area contributed by atoms with Crippen LogP contribution in [0, 0.1) is 23.3 Å². The molecule has 4 nitrogen and oxygen atoms in total. The Labute approximate surface area is 588 Å². The third-order valence-corrected chi connectivity index (χ3v) is 25.0. The lowest BCUT2D eigenvalue weighted by Gasteiger charge is -2.11. The van der Waals surface area contributed by atoms with Crippen molar-refractivity contribution in [2.45, 2.75) is 0 Å². The topological polar surface area (TPSA) is 57.4 Å². The van der Waals surface area contributed by atoms with Crippen molar-refractivity contribution in [3.63, 3.8) is 0 Å². The molecule has 0 fully saturated rings. The number of benzene rings is 12. The predicted molar refractivity (Wildman–Crippen MR) is 398 cm³/mol. The lowest BCUT2D eigenvalue weighted by molar-refractivity contribution is 0.627. The van der Waals surface area contributed by atoms with E-state index in [1.54, 1.807) is 48.5 Å². The lowest BCUT2D eigenvalue weighted by Crippen LogP contribution is -1.88. The van der Waals surface area contributed by atoms with Gasteiger partial charge in [0.1, 0.15) is 23.3 Å². The summed E-state index contributed by atoms with van der Waals surface area (Å²) in [6.07, 6.45) is 0. The highest BCUT2D eigenvalue weighted by atomic mass is 79.9. The highest BCUT2D eigenvalue weighted by Gasteiger charge is 2.32. The van der Waals surface area contributed by atoms with E-state index in [4.69, 9.17) is 9.97 Å². The third kappa shape index (κ3) is 9.58. The summed E-state index contributed by atoms with van der Waals surface area (Å²) in [5, 5.41) is 10.5. The lowest BCUT2D eigenvalue weighted by atomic mass is 9.91. The maximum atomic E-state index is 15.7. The van der Waals surface area contributed by atoms with Gasteiger partial charge in [0.15, 0.2) is 0 Å². The van der Waals surface area contributed by atoms with Gasteiger partial charge in [-0.25, -0.2) is 27.5 Å². The zero-order valence-corrected chi connectivity index (χ0v) is 59.6. The van der Waals surface area contributed by atoms with Crippen LogP contribution in [0.15, 0.2) is 230 Å². The standard InChI is InChI=1S/C76H34Br8F4N4/c77-57-25-37-17-49-51(19-39(37)27-59(57)79)71-66(34-3-11-46(86)12-4-34)73-53-21-41-29-61(81)63(83)31-43(41)23-55(53)75(91-73)68(36-7-15-48(88)16-8-36)76-56-24-44-32-64(84)62(82)30-42(44)22-54(56)74(92-76)67(35-5-13-47(87)14-6-35)72-52-20-40-28-60(80)58(78)26-38(40)18-50(52)70(90-72)65(69(49)89-71)33-1-9-45(85)10-2-33/h1-32,89,92H. The summed E-state index contributed by atoms with van der Waals surface area (Å²) in [6, 6.07) is 59.9. The second-order valence-corrected chi connectivity index (χ2v) is 29.8. The van der Waals surface area contributed by atoms with Crippen LogP contribution in [0.3, 0.4) is 0 Å². The normalized spacial score (nSPS) is 12.1. The predicted octanol–water partition coefficient (Wildman–Crippen LogP) is 27.2. The van der Waals surface area contributed by atoms with Crippen molar-refractivity contribution in [3.05, 3.63) is 253 Å². The monoisotopic (exact) mass is 1710 g/mol. The minimum Gasteiger partial charge on any atom is -0.353 e. The molecule has 2 aliphatic heterocycles. The molecule has 1 aliphatic carbocycles. The van der Waals surface area contributed by atoms with Crippen molar-refractivity contribution < 1.29 is 17.6 Å². The highest BCUT2D eigenvalue weighted by molar-refractivity contribution is 9.14. The number of halogens is 12. The van der Waals surface area contributed by atoms with E-state index in [2.05, 4.69) is 234 Å². The number of hydrogen-bond acceptors (Lipinski definition) is 2. The van der Waals surface area contributed by atoms with E-state index in [0.717, 1.165) is 123 Å². The van der Waals surface area contributed by atoms with Crippen LogP contribution < -0.4 is 0 Å². The SMILES string of the molecule is Fc1ccc(-c2c3nc(c(-c4ccc(F)cc4)c4[nH]c(c(-c5ccc(F)cc5)c5nc(c(-c6ccc(F)cc6)c6[nH]c2c2cc7cc(Br)c(Br)cc7cc62)-c2cc6cc(Br)c(Br)cc6cc2-5)c2cc5cc(Br)c(Br)cc5cc42)-c2cc4cc(Br)c(Br)cc4cc2-3)cc1. The van der Waals surface area contributed by atoms with Crippen molar-refractivity contribution in [2.75, 3.05) is 0 Å². The maximum absolute atomic E-state index is 15.7. The Morgan fingerprint density at radius 2 is 0.402 bits per heavy atom. The molecule has 3 aliphatic rings. The Kier molecular flexibility index (Phi) is 14.2. The molecule has 0 saturated carbocycles. The second kappa shape index (κ2) is 22.3. The molecule has 0 unspecified atom stereocenters. The molecule has 8 bridgehead atoms. The summed E-state index contributed by atoms with van der Waals surface area (Å²) in [4.78, 5) is 20.2. The van der Waals surface area contributed by atoms with Gasteiger partial charge in [0.2, 0.25) is 0 Å². The van der Waals surface area contributed by atoms with Crippen LogP contribution in [0.4, 0.5) is 17.6 Å². The molecular formula is C76H34Br8F4N4. The second-order valence-electron chi connectivity index (χ2n) is 22.9. The van der Waals surface area contributed by atoms with Crippen molar-refractivity contribution in [3.8, 4) is 89.5 Å². The van der Waals surface area contributed by atoms with Gasteiger partial charge in [0.25, 0.3) is 0 Å². The fourth-order valence-corrected chi connectivity index (χ4v) is 16.3. The molecule has 0 spiro atoms. The number of fused-ring (bicyclic) bond motifs is 4. The van der Waals surface area contributed by atoms with Gasteiger partial charge in [0, 0.05) is 102 Å². The first kappa shape index (κ1) is 58.7. The molecule has 14 aromatic rings. The van der Waals surface area contributed by atoms with Gasteiger partial charge in [-0.2, -0.15) is 0 Å². The van der Waals surface area contributed by atoms with Crippen molar-refractivity contribution in [1.29, 1.82) is 0 Å². The van der Waals surface area contributed by atoms with Gasteiger partial charge >= 0.3 is 0 Å². The average Bonchev–Trinajstić information content (AvgIpc) is 1.55. The third-order valence-electron chi connectivity index (χ3n) is 17.6. The zero-order valence-electron chi connectivity index (χ0n) is 46.9. The number of nitrogens with zero attached hydrogens (tertiary/aromatic N) is 2. The molecule has 442 valence electrons. The molecule has 0 radical (unpaired) electrons. The molecule has 4 heterocycles. The quantitative estimate of drug-likeness (QED) is 0.173. The van der Waals surface area contributed by atoms with Gasteiger partial charge < -0.3 is 9.97 Å². The fraction of sp³-hybridized carbons (Fsp3) is 0. The fourth-order valence-electron chi connectivity index (χ4n) is 13.4. The summed E-state index contributed by atoms with van der Waals surface area (Å²) in [7, 11) is 0. The summed E-state index contributed by atoms with van der Waals surface area (Å²) >= 11 is 30.5. The number of aromatic amines is 2. The van der Waals surface area contributed by atoms with Gasteiger partial charge in [-0.15, -0.1) is 0 Å². The van der Waals surface area contributed by atoms with E-state index in [1.807, 2.05) is 0 Å². The van der Waals surface area contributed by atoms with Gasteiger partial charge in [0.05, 0.1) is 44.8 Å². The number of aromatic nitrogens is 4. The van der Waals surface area contributed by atoms with E-state index < -0.39 is 23.3 Å². The van der Waals surface area contributed by atoms with Crippen LogP contribution in [0.5, 0.6) is 0 Å². The Balaban J connectivity index is 1.23. The summed E-state index contributed by atoms with van der Waals surface area (Å²) < 4.78 is 69.6.